The maximum Gasteiger partial charge on any atom is 0.255 e. The maximum atomic E-state index is 12.4. The summed E-state index contributed by atoms with van der Waals surface area (Å²) in [7, 11) is 3.22. The Labute approximate surface area is 192 Å². The maximum absolute atomic E-state index is 12.4. The number of aromatic nitrogens is 3. The van der Waals surface area contributed by atoms with Crippen LogP contribution < -0.4 is 10.1 Å². The van der Waals surface area contributed by atoms with E-state index in [1.165, 1.54) is 0 Å². The van der Waals surface area contributed by atoms with Crippen molar-refractivity contribution in [1.29, 1.82) is 0 Å². The number of methoxy groups -OCH3 is 1. The van der Waals surface area contributed by atoms with Gasteiger partial charge in [-0.15, -0.1) is 0 Å². The number of nitrogens with zero attached hydrogens (tertiary/aromatic N) is 3. The van der Waals surface area contributed by atoms with Gasteiger partial charge in [-0.25, -0.2) is 18.3 Å². The van der Waals surface area contributed by atoms with Gasteiger partial charge in [0, 0.05) is 30.4 Å². The number of alkyl halides is 2. The molecule has 7 nitrogen and oxygen atoms in total. The van der Waals surface area contributed by atoms with Gasteiger partial charge < -0.3 is 14.8 Å². The standard InChI is InChI=1S/C22H26N4O3.C2H4F2/c1-5-6-14-7-15(8-18(28-4)19(14)21(27)23-3)17-10-25-26-11-16(9-24-20(17)26)22(2)12-29-13-22;1-2(3)4/h7-11H,5-6,12-13H2,1-4H3,(H,23,27);2H,1H3. The van der Waals surface area contributed by atoms with E-state index >= 15 is 0 Å². The molecule has 178 valence electrons. The second-order valence-electron chi connectivity index (χ2n) is 8.28. The van der Waals surface area contributed by atoms with E-state index in [0.29, 0.717) is 24.5 Å². The van der Waals surface area contributed by atoms with Gasteiger partial charge in [0.15, 0.2) is 5.65 Å². The topological polar surface area (TPSA) is 77.8 Å². The molecule has 3 heterocycles. The Hall–Kier alpha value is -3.07. The summed E-state index contributed by atoms with van der Waals surface area (Å²) in [5.74, 6) is 0.413. The molecule has 0 radical (unpaired) electrons. The highest BCUT2D eigenvalue weighted by molar-refractivity contribution is 5.99. The lowest BCUT2D eigenvalue weighted by molar-refractivity contribution is -0.0503. The smallest absolute Gasteiger partial charge is 0.255 e. The Balaban J connectivity index is 0.000000709. The summed E-state index contributed by atoms with van der Waals surface area (Å²) < 4.78 is 33.4. The van der Waals surface area contributed by atoms with Crippen LogP contribution in [-0.2, 0) is 16.6 Å². The number of ether oxygens (including phenoxy) is 2. The number of rotatable bonds is 6. The zero-order valence-electron chi connectivity index (χ0n) is 19.6. The molecule has 3 aromatic rings. The fraction of sp³-hybridized carbons (Fsp3) is 0.458. The summed E-state index contributed by atoms with van der Waals surface area (Å²) in [5, 5.41) is 7.24. The van der Waals surface area contributed by atoms with Crippen molar-refractivity contribution in [3.8, 4) is 16.9 Å². The van der Waals surface area contributed by atoms with Crippen LogP contribution in [0.1, 0.15) is 48.7 Å². The lowest BCUT2D eigenvalue weighted by Gasteiger charge is -2.38. The second kappa shape index (κ2) is 10.2. The lowest BCUT2D eigenvalue weighted by atomic mass is 9.82. The Kier molecular flexibility index (Phi) is 7.63. The normalized spacial score (nSPS) is 14.4. The van der Waals surface area contributed by atoms with Crippen LogP contribution in [0.25, 0.3) is 16.8 Å². The van der Waals surface area contributed by atoms with Crippen LogP contribution in [0, 0.1) is 0 Å². The van der Waals surface area contributed by atoms with Gasteiger partial charge in [-0.3, -0.25) is 4.79 Å². The van der Waals surface area contributed by atoms with E-state index in [4.69, 9.17) is 14.5 Å². The summed E-state index contributed by atoms with van der Waals surface area (Å²) >= 11 is 0. The first-order valence-electron chi connectivity index (χ1n) is 10.9. The van der Waals surface area contributed by atoms with Crippen LogP contribution >= 0.6 is 0 Å². The van der Waals surface area contributed by atoms with Crippen molar-refractivity contribution in [2.45, 2.75) is 45.5 Å². The number of halogens is 2. The third kappa shape index (κ3) is 5.13. The Bertz CT molecular complexity index is 1120. The number of amides is 1. The summed E-state index contributed by atoms with van der Waals surface area (Å²) in [5.41, 5.74) is 5.28. The largest absolute Gasteiger partial charge is 0.496 e. The molecule has 0 unspecified atom stereocenters. The van der Waals surface area contributed by atoms with Crippen molar-refractivity contribution < 1.29 is 23.0 Å². The minimum atomic E-state index is -2.17. The van der Waals surface area contributed by atoms with Gasteiger partial charge in [-0.1, -0.05) is 20.3 Å². The number of nitrogens with one attached hydrogen (secondary N) is 1. The molecular weight excluding hydrogens is 430 g/mol. The first-order valence-corrected chi connectivity index (χ1v) is 10.9. The van der Waals surface area contributed by atoms with E-state index in [0.717, 1.165) is 47.7 Å². The first-order chi connectivity index (χ1) is 15.7. The fourth-order valence-electron chi connectivity index (χ4n) is 3.80. The zero-order chi connectivity index (χ0) is 24.2. The third-order valence-electron chi connectivity index (χ3n) is 5.58. The van der Waals surface area contributed by atoms with E-state index in [1.54, 1.807) is 14.2 Å². The Morgan fingerprint density at radius 1 is 1.33 bits per heavy atom. The number of benzene rings is 1. The molecule has 0 bridgehead atoms. The summed E-state index contributed by atoms with van der Waals surface area (Å²) in [4.78, 5) is 17.1. The summed E-state index contributed by atoms with van der Waals surface area (Å²) in [6.45, 7) is 6.50. The molecule has 1 fully saturated rings. The molecule has 0 aliphatic carbocycles. The molecule has 2 aromatic heterocycles. The SMILES string of the molecule is CC(F)F.CCCc1cc(-c2cnn3cc(C4(C)COC4)cnc23)cc(OC)c1C(=O)NC. The number of carbonyl (C=O) groups is 1. The van der Waals surface area contributed by atoms with Crippen molar-refractivity contribution in [2.24, 2.45) is 0 Å². The van der Waals surface area contributed by atoms with E-state index in [9.17, 15) is 13.6 Å². The molecule has 1 aliphatic heterocycles. The van der Waals surface area contributed by atoms with Gasteiger partial charge in [0.2, 0.25) is 6.43 Å². The number of aryl methyl sites for hydroxylation is 1. The van der Waals surface area contributed by atoms with Crippen molar-refractivity contribution >= 4 is 11.6 Å². The van der Waals surface area contributed by atoms with Crippen LogP contribution in [0.4, 0.5) is 8.78 Å². The van der Waals surface area contributed by atoms with Gasteiger partial charge in [0.05, 0.1) is 32.1 Å². The number of hydrogen-bond acceptors (Lipinski definition) is 5. The predicted molar refractivity (Wildman–Crippen MR) is 122 cm³/mol. The van der Waals surface area contributed by atoms with Crippen LogP contribution in [0.2, 0.25) is 0 Å². The molecule has 0 spiro atoms. The van der Waals surface area contributed by atoms with Gasteiger partial charge in [-0.05, 0) is 42.2 Å². The highest BCUT2D eigenvalue weighted by Crippen LogP contribution is 2.35. The molecule has 1 saturated heterocycles. The van der Waals surface area contributed by atoms with E-state index in [1.807, 2.05) is 35.2 Å². The highest BCUT2D eigenvalue weighted by atomic mass is 19.3. The van der Waals surface area contributed by atoms with Crippen molar-refractivity contribution in [3.63, 3.8) is 0 Å². The molecule has 33 heavy (non-hydrogen) atoms. The fourth-order valence-corrected chi connectivity index (χ4v) is 3.80. The zero-order valence-corrected chi connectivity index (χ0v) is 19.6. The molecule has 0 saturated carbocycles. The number of hydrogen-bond donors (Lipinski definition) is 1. The predicted octanol–water partition coefficient (Wildman–Crippen LogP) is 4.28. The van der Waals surface area contributed by atoms with Crippen molar-refractivity contribution in [3.05, 3.63) is 47.4 Å². The van der Waals surface area contributed by atoms with Crippen LogP contribution in [0.5, 0.6) is 5.75 Å². The average molecular weight is 461 g/mol. The second-order valence-corrected chi connectivity index (χ2v) is 8.28. The number of fused-ring (bicyclic) bond motifs is 1. The molecule has 1 amide bonds. The molecule has 1 aromatic carbocycles. The van der Waals surface area contributed by atoms with Gasteiger partial charge in [0.25, 0.3) is 5.91 Å². The molecular formula is C24H30F2N4O3. The summed E-state index contributed by atoms with van der Waals surface area (Å²) in [6.07, 6.45) is 5.29. The average Bonchev–Trinajstić information content (AvgIpc) is 3.19. The summed E-state index contributed by atoms with van der Waals surface area (Å²) in [6, 6.07) is 3.93. The molecule has 1 aliphatic rings. The monoisotopic (exact) mass is 460 g/mol. The minimum absolute atomic E-state index is 0.0000183. The van der Waals surface area contributed by atoms with E-state index < -0.39 is 6.43 Å². The third-order valence-corrected chi connectivity index (χ3v) is 5.58. The Morgan fingerprint density at radius 3 is 2.58 bits per heavy atom. The van der Waals surface area contributed by atoms with Gasteiger partial charge >= 0.3 is 0 Å². The van der Waals surface area contributed by atoms with Crippen molar-refractivity contribution in [2.75, 3.05) is 27.4 Å². The molecule has 1 N–H and O–H groups in total. The van der Waals surface area contributed by atoms with Crippen LogP contribution in [0.15, 0.2) is 30.7 Å². The van der Waals surface area contributed by atoms with Gasteiger partial charge in [-0.2, -0.15) is 5.10 Å². The first kappa shape index (κ1) is 24.6. The molecule has 0 atom stereocenters. The van der Waals surface area contributed by atoms with Crippen LogP contribution in [-0.4, -0.2) is 54.3 Å². The van der Waals surface area contributed by atoms with Crippen molar-refractivity contribution in [1.82, 2.24) is 19.9 Å². The van der Waals surface area contributed by atoms with Gasteiger partial charge in [0.1, 0.15) is 5.75 Å². The van der Waals surface area contributed by atoms with Crippen LogP contribution in [0.3, 0.4) is 0 Å². The Morgan fingerprint density at radius 2 is 2.03 bits per heavy atom. The quantitative estimate of drug-likeness (QED) is 0.594. The minimum Gasteiger partial charge on any atom is -0.496 e. The lowest BCUT2D eigenvalue weighted by Crippen LogP contribution is -2.44. The molecule has 9 heteroatoms. The highest BCUT2D eigenvalue weighted by Gasteiger charge is 2.36. The number of carbonyl (C=O) groups excluding carboxylic acids is 1. The molecule has 4 rings (SSSR count). The van der Waals surface area contributed by atoms with E-state index in [2.05, 4.69) is 24.3 Å². The van der Waals surface area contributed by atoms with E-state index in [-0.39, 0.29) is 11.3 Å².